The highest BCUT2D eigenvalue weighted by atomic mass is 16.1. The van der Waals surface area contributed by atoms with Crippen molar-refractivity contribution in [1.29, 1.82) is 0 Å². The molecular formula is C14H20N2O. The van der Waals surface area contributed by atoms with Crippen molar-refractivity contribution in [2.24, 2.45) is 11.8 Å². The number of hydrogen-bond acceptors (Lipinski definition) is 3. The quantitative estimate of drug-likeness (QED) is 0.587. The van der Waals surface area contributed by atoms with Gasteiger partial charge in [-0.25, -0.2) is 0 Å². The zero-order valence-corrected chi connectivity index (χ0v) is 10.3. The van der Waals surface area contributed by atoms with Crippen molar-refractivity contribution in [3.63, 3.8) is 0 Å². The second-order valence-corrected chi connectivity index (χ2v) is 6.05. The van der Waals surface area contributed by atoms with Crippen LogP contribution in [0, 0.1) is 11.8 Å². The van der Waals surface area contributed by atoms with Crippen molar-refractivity contribution in [2.45, 2.75) is 25.7 Å². The Morgan fingerprint density at radius 2 is 1.53 bits per heavy atom. The monoisotopic (exact) mass is 232 g/mol. The Morgan fingerprint density at radius 3 is 2.06 bits per heavy atom. The standard InChI is InChI=1S/C14H20N2O/c17-14-11-3-7-16(8-4-11)13(14)12-9-15-5-1-10(12)2-6-15/h10-11H,1-9H2/b13-12-. The first kappa shape index (κ1) is 10.1. The van der Waals surface area contributed by atoms with Gasteiger partial charge in [0.05, 0.1) is 5.70 Å². The molecule has 6 fully saturated rings. The molecule has 3 heteroatoms. The second-order valence-electron chi connectivity index (χ2n) is 6.05. The number of allylic oxidation sites excluding steroid dienone is 1. The predicted molar refractivity (Wildman–Crippen MR) is 65.5 cm³/mol. The molecule has 0 spiro atoms. The highest BCUT2D eigenvalue weighted by Crippen LogP contribution is 2.40. The minimum atomic E-state index is 0.359. The number of carbonyl (C=O) groups is 1. The van der Waals surface area contributed by atoms with Crippen LogP contribution >= 0.6 is 0 Å². The Morgan fingerprint density at radius 1 is 0.882 bits per heavy atom. The molecule has 0 aromatic heterocycles. The minimum absolute atomic E-state index is 0.359. The summed E-state index contributed by atoms with van der Waals surface area (Å²) in [5, 5.41) is 0. The van der Waals surface area contributed by atoms with E-state index in [1.54, 1.807) is 0 Å². The Bertz CT molecular complexity index is 385. The summed E-state index contributed by atoms with van der Waals surface area (Å²) < 4.78 is 0. The zero-order valence-electron chi connectivity index (χ0n) is 10.3. The lowest BCUT2D eigenvalue weighted by Gasteiger charge is -2.47. The lowest BCUT2D eigenvalue weighted by molar-refractivity contribution is -0.126. The zero-order chi connectivity index (χ0) is 11.4. The highest BCUT2D eigenvalue weighted by Gasteiger charge is 2.41. The number of rotatable bonds is 0. The average Bonchev–Trinajstić information content (AvgIpc) is 2.41. The molecule has 17 heavy (non-hydrogen) atoms. The third-order valence-corrected chi connectivity index (χ3v) is 5.19. The number of fused-ring (bicyclic) bond motifs is 6. The van der Waals surface area contributed by atoms with Crippen molar-refractivity contribution < 1.29 is 4.79 Å². The topological polar surface area (TPSA) is 23.6 Å². The van der Waals surface area contributed by atoms with Crippen LogP contribution in [-0.2, 0) is 4.79 Å². The van der Waals surface area contributed by atoms with Crippen molar-refractivity contribution in [2.75, 3.05) is 32.7 Å². The Hall–Kier alpha value is -0.830. The molecule has 6 saturated heterocycles. The number of nitrogens with zero attached hydrogens (tertiary/aromatic N) is 2. The van der Waals surface area contributed by atoms with E-state index in [0.717, 1.165) is 44.1 Å². The summed E-state index contributed by atoms with van der Waals surface area (Å²) in [5.41, 5.74) is 2.65. The Kier molecular flexibility index (Phi) is 2.13. The van der Waals surface area contributed by atoms with Gasteiger partial charge in [0.25, 0.3) is 0 Å². The number of Topliss-reactive ketones (excluding diaryl/α,β-unsaturated/α-hetero) is 1. The second kappa shape index (κ2) is 3.58. The molecule has 0 amide bonds. The van der Waals surface area contributed by atoms with Gasteiger partial charge >= 0.3 is 0 Å². The highest BCUT2D eigenvalue weighted by molar-refractivity contribution is 5.99. The summed E-state index contributed by atoms with van der Waals surface area (Å²) in [6.45, 7) is 5.83. The van der Waals surface area contributed by atoms with Crippen LogP contribution in [0.1, 0.15) is 25.7 Å². The van der Waals surface area contributed by atoms with Crippen LogP contribution in [0.4, 0.5) is 0 Å². The molecule has 3 nitrogen and oxygen atoms in total. The van der Waals surface area contributed by atoms with Crippen molar-refractivity contribution in [3.05, 3.63) is 11.3 Å². The number of piperidine rings is 6. The third-order valence-electron chi connectivity index (χ3n) is 5.19. The fourth-order valence-corrected chi connectivity index (χ4v) is 4.15. The van der Waals surface area contributed by atoms with E-state index in [4.69, 9.17) is 0 Å². The van der Waals surface area contributed by atoms with Crippen LogP contribution in [0.3, 0.4) is 0 Å². The van der Waals surface area contributed by atoms with Gasteiger partial charge in [-0.15, -0.1) is 0 Å². The van der Waals surface area contributed by atoms with E-state index in [1.165, 1.54) is 31.5 Å². The number of hydrogen-bond donors (Lipinski definition) is 0. The van der Waals surface area contributed by atoms with Crippen LogP contribution < -0.4 is 0 Å². The molecule has 0 aromatic carbocycles. The van der Waals surface area contributed by atoms with E-state index in [0.29, 0.717) is 11.7 Å². The first-order chi connectivity index (χ1) is 8.33. The van der Waals surface area contributed by atoms with Gasteiger partial charge in [0.2, 0.25) is 0 Å². The minimum Gasteiger partial charge on any atom is -0.369 e. The third kappa shape index (κ3) is 1.41. The molecule has 0 radical (unpaired) electrons. The van der Waals surface area contributed by atoms with Crippen LogP contribution in [0.2, 0.25) is 0 Å². The molecule has 0 N–H and O–H groups in total. The fourth-order valence-electron chi connectivity index (χ4n) is 4.15. The average molecular weight is 232 g/mol. The van der Waals surface area contributed by atoms with Gasteiger partial charge in [0, 0.05) is 25.6 Å². The molecule has 0 saturated carbocycles. The molecule has 0 atom stereocenters. The normalized spacial score (nSPS) is 41.4. The predicted octanol–water partition coefficient (Wildman–Crippen LogP) is 1.26. The SMILES string of the molecule is O=C1/C(=C2\CN3CCC2CC3)N2CCC1CC2. The van der Waals surface area contributed by atoms with Gasteiger partial charge in [-0.3, -0.25) is 9.69 Å². The van der Waals surface area contributed by atoms with E-state index in [1.807, 2.05) is 0 Å². The van der Waals surface area contributed by atoms with E-state index in [2.05, 4.69) is 9.80 Å². The lowest BCUT2D eigenvalue weighted by atomic mass is 9.77. The van der Waals surface area contributed by atoms with Crippen molar-refractivity contribution in [1.82, 2.24) is 9.80 Å². The summed E-state index contributed by atoms with van der Waals surface area (Å²) in [4.78, 5) is 17.4. The molecule has 6 rings (SSSR count). The van der Waals surface area contributed by atoms with E-state index >= 15 is 0 Å². The van der Waals surface area contributed by atoms with Gasteiger partial charge in [0.1, 0.15) is 0 Å². The maximum absolute atomic E-state index is 12.4. The molecule has 0 aliphatic carbocycles. The van der Waals surface area contributed by atoms with E-state index in [9.17, 15) is 4.79 Å². The number of ketones is 1. The van der Waals surface area contributed by atoms with Gasteiger partial charge in [-0.2, -0.15) is 0 Å². The molecule has 0 unspecified atom stereocenters. The van der Waals surface area contributed by atoms with Crippen LogP contribution in [-0.4, -0.2) is 48.3 Å². The Labute approximate surface area is 102 Å². The Balaban J connectivity index is 1.75. The lowest BCUT2D eigenvalue weighted by Crippen LogP contribution is -2.51. The molecule has 6 heterocycles. The van der Waals surface area contributed by atoms with E-state index in [-0.39, 0.29) is 0 Å². The van der Waals surface area contributed by atoms with Crippen molar-refractivity contribution >= 4 is 5.78 Å². The molecule has 4 bridgehead atoms. The molecule has 0 aromatic rings. The molecule has 92 valence electrons. The molecule has 6 aliphatic heterocycles. The van der Waals surface area contributed by atoms with Gasteiger partial charge in [-0.1, -0.05) is 0 Å². The molecule has 6 aliphatic rings. The molecular weight excluding hydrogens is 212 g/mol. The summed E-state index contributed by atoms with van der Waals surface area (Å²) >= 11 is 0. The first-order valence-corrected chi connectivity index (χ1v) is 7.07. The maximum Gasteiger partial charge on any atom is 0.182 e. The first-order valence-electron chi connectivity index (χ1n) is 7.07. The summed E-state index contributed by atoms with van der Waals surface area (Å²) in [6.07, 6.45) is 4.77. The number of carbonyl (C=O) groups excluding carboxylic acids is 1. The van der Waals surface area contributed by atoms with Gasteiger partial charge < -0.3 is 4.90 Å². The summed E-state index contributed by atoms with van der Waals surface area (Å²) in [5.74, 6) is 1.56. The fraction of sp³-hybridized carbons (Fsp3) is 0.786. The van der Waals surface area contributed by atoms with Crippen molar-refractivity contribution in [3.8, 4) is 0 Å². The largest absolute Gasteiger partial charge is 0.369 e. The van der Waals surface area contributed by atoms with Gasteiger partial charge in [-0.05, 0) is 50.3 Å². The van der Waals surface area contributed by atoms with Crippen LogP contribution in [0.5, 0.6) is 0 Å². The van der Waals surface area contributed by atoms with Crippen LogP contribution in [0.15, 0.2) is 11.3 Å². The van der Waals surface area contributed by atoms with Gasteiger partial charge in [0.15, 0.2) is 5.78 Å². The van der Waals surface area contributed by atoms with Crippen LogP contribution in [0.25, 0.3) is 0 Å². The summed E-state index contributed by atoms with van der Waals surface area (Å²) in [7, 11) is 0. The van der Waals surface area contributed by atoms with E-state index < -0.39 is 0 Å². The summed E-state index contributed by atoms with van der Waals surface area (Å²) in [6, 6.07) is 0. The maximum atomic E-state index is 12.4. The smallest absolute Gasteiger partial charge is 0.182 e.